The van der Waals surface area contributed by atoms with Crippen molar-refractivity contribution in [3.63, 3.8) is 0 Å². The highest BCUT2D eigenvalue weighted by molar-refractivity contribution is 14.1. The molecule has 25 heavy (non-hydrogen) atoms. The second kappa shape index (κ2) is 8.06. The van der Waals surface area contributed by atoms with Crippen molar-refractivity contribution in [2.24, 2.45) is 5.10 Å². The molecule has 3 nitrogen and oxygen atoms in total. The summed E-state index contributed by atoms with van der Waals surface area (Å²) in [7, 11) is 0. The highest BCUT2D eigenvalue weighted by Crippen LogP contribution is 2.20. The van der Waals surface area contributed by atoms with Crippen LogP contribution in [-0.4, -0.2) is 10.8 Å². The first kappa shape index (κ1) is 18.0. The quantitative estimate of drug-likeness (QED) is 0.303. The van der Waals surface area contributed by atoms with Gasteiger partial charge in [0.05, 0.1) is 12.8 Å². The molecule has 1 heterocycles. The van der Waals surface area contributed by atoms with Crippen molar-refractivity contribution >= 4 is 40.4 Å². The molecule has 0 aliphatic rings. The SMILES string of the molecule is Cc1cc(/C=N\NCc2ccc(Cl)cc2)c(C)n1-c1ccc(I)cc1. The van der Waals surface area contributed by atoms with E-state index in [0.29, 0.717) is 6.54 Å². The molecule has 0 radical (unpaired) electrons. The molecule has 0 saturated carbocycles. The molecule has 1 aromatic heterocycles. The molecule has 2 aromatic carbocycles. The van der Waals surface area contributed by atoms with E-state index in [1.54, 1.807) is 0 Å². The van der Waals surface area contributed by atoms with Gasteiger partial charge in [-0.3, -0.25) is 0 Å². The van der Waals surface area contributed by atoms with E-state index in [0.717, 1.165) is 16.1 Å². The standard InChI is InChI=1S/C20H19ClIN3/c1-14-11-17(13-24-23-12-16-3-5-18(21)6-4-16)15(2)25(14)20-9-7-19(22)8-10-20/h3-11,13,23H,12H2,1-2H3/b24-13-. The molecule has 0 aliphatic carbocycles. The zero-order chi connectivity index (χ0) is 17.8. The first-order chi connectivity index (χ1) is 12.0. The van der Waals surface area contributed by atoms with Crippen molar-refractivity contribution in [1.82, 2.24) is 9.99 Å². The van der Waals surface area contributed by atoms with Crippen molar-refractivity contribution in [1.29, 1.82) is 0 Å². The number of nitrogens with one attached hydrogen (secondary N) is 1. The lowest BCUT2D eigenvalue weighted by atomic mass is 10.2. The van der Waals surface area contributed by atoms with Gasteiger partial charge in [0.2, 0.25) is 0 Å². The van der Waals surface area contributed by atoms with Crippen molar-refractivity contribution in [2.75, 3.05) is 0 Å². The lowest BCUT2D eigenvalue weighted by Crippen LogP contribution is -2.05. The zero-order valence-electron chi connectivity index (χ0n) is 14.1. The summed E-state index contributed by atoms with van der Waals surface area (Å²) in [5.74, 6) is 0. The normalized spacial score (nSPS) is 11.2. The number of hydrogen-bond acceptors (Lipinski definition) is 2. The van der Waals surface area contributed by atoms with Gasteiger partial charge in [-0.1, -0.05) is 23.7 Å². The summed E-state index contributed by atoms with van der Waals surface area (Å²) in [5.41, 5.74) is 8.88. The van der Waals surface area contributed by atoms with E-state index in [1.807, 2.05) is 30.5 Å². The van der Waals surface area contributed by atoms with Crippen molar-refractivity contribution in [3.05, 3.63) is 85.7 Å². The molecule has 1 N–H and O–H groups in total. The molecule has 0 unspecified atom stereocenters. The molecule has 5 heteroatoms. The van der Waals surface area contributed by atoms with E-state index in [9.17, 15) is 0 Å². The Kier molecular flexibility index (Phi) is 5.81. The summed E-state index contributed by atoms with van der Waals surface area (Å²) in [4.78, 5) is 0. The van der Waals surface area contributed by atoms with Crippen LogP contribution in [0.5, 0.6) is 0 Å². The largest absolute Gasteiger partial charge is 0.318 e. The van der Waals surface area contributed by atoms with Gasteiger partial charge in [0.1, 0.15) is 0 Å². The second-order valence-electron chi connectivity index (χ2n) is 5.86. The fourth-order valence-corrected chi connectivity index (χ4v) is 3.25. The minimum absolute atomic E-state index is 0.670. The van der Waals surface area contributed by atoms with E-state index in [2.05, 4.69) is 81.9 Å². The highest BCUT2D eigenvalue weighted by Gasteiger charge is 2.09. The van der Waals surface area contributed by atoms with Crippen LogP contribution < -0.4 is 5.43 Å². The summed E-state index contributed by atoms with van der Waals surface area (Å²) in [6.45, 7) is 4.90. The van der Waals surface area contributed by atoms with E-state index < -0.39 is 0 Å². The van der Waals surface area contributed by atoms with Crippen LogP contribution in [0.2, 0.25) is 5.02 Å². The van der Waals surface area contributed by atoms with E-state index in [-0.39, 0.29) is 0 Å². The van der Waals surface area contributed by atoms with Crippen LogP contribution in [0.3, 0.4) is 0 Å². The lowest BCUT2D eigenvalue weighted by molar-refractivity contribution is 0.748. The molecular formula is C20H19ClIN3. The van der Waals surface area contributed by atoms with Crippen LogP contribution in [-0.2, 0) is 6.54 Å². The summed E-state index contributed by atoms with van der Waals surface area (Å²) in [5, 5.41) is 5.11. The van der Waals surface area contributed by atoms with E-state index in [4.69, 9.17) is 11.6 Å². The third kappa shape index (κ3) is 4.44. The summed E-state index contributed by atoms with van der Waals surface area (Å²) in [6.07, 6.45) is 1.88. The van der Waals surface area contributed by atoms with Crippen LogP contribution in [0.25, 0.3) is 5.69 Å². The molecule has 0 fully saturated rings. The van der Waals surface area contributed by atoms with Crippen LogP contribution in [0.1, 0.15) is 22.5 Å². The topological polar surface area (TPSA) is 29.3 Å². The molecule has 128 valence electrons. The second-order valence-corrected chi connectivity index (χ2v) is 7.54. The Morgan fingerprint density at radius 2 is 1.76 bits per heavy atom. The molecule has 0 saturated heterocycles. The summed E-state index contributed by atoms with van der Waals surface area (Å²) in [6, 6.07) is 18.4. The van der Waals surface area contributed by atoms with Crippen LogP contribution in [0.4, 0.5) is 0 Å². The predicted octanol–water partition coefficient (Wildman–Crippen LogP) is 5.48. The molecule has 0 spiro atoms. The smallest absolute Gasteiger partial charge is 0.0580 e. The maximum atomic E-state index is 5.89. The Balaban J connectivity index is 1.71. The van der Waals surface area contributed by atoms with Gasteiger partial charge < -0.3 is 9.99 Å². The number of benzene rings is 2. The van der Waals surface area contributed by atoms with Gasteiger partial charge in [-0.05, 0) is 84.5 Å². The van der Waals surface area contributed by atoms with Crippen molar-refractivity contribution in [3.8, 4) is 5.69 Å². The number of aryl methyl sites for hydroxylation is 1. The number of rotatable bonds is 5. The lowest BCUT2D eigenvalue weighted by Gasteiger charge is -2.09. The number of nitrogens with zero attached hydrogens (tertiary/aromatic N) is 2. The maximum Gasteiger partial charge on any atom is 0.0580 e. The first-order valence-corrected chi connectivity index (χ1v) is 9.45. The number of hydrogen-bond donors (Lipinski definition) is 1. The molecule has 0 aliphatic heterocycles. The Morgan fingerprint density at radius 3 is 2.44 bits per heavy atom. The van der Waals surface area contributed by atoms with Gasteiger partial charge >= 0.3 is 0 Å². The summed E-state index contributed by atoms with van der Waals surface area (Å²) < 4.78 is 3.48. The molecule has 0 amide bonds. The molecule has 0 bridgehead atoms. The Bertz CT molecular complexity index is 881. The fraction of sp³-hybridized carbons (Fsp3) is 0.150. The molecule has 3 rings (SSSR count). The number of halogens is 2. The first-order valence-electron chi connectivity index (χ1n) is 8.00. The number of aromatic nitrogens is 1. The van der Waals surface area contributed by atoms with Gasteiger partial charge in [-0.15, -0.1) is 0 Å². The van der Waals surface area contributed by atoms with Gasteiger partial charge in [0.15, 0.2) is 0 Å². The van der Waals surface area contributed by atoms with Gasteiger partial charge in [-0.25, -0.2) is 0 Å². The molecule has 3 aromatic rings. The fourth-order valence-electron chi connectivity index (χ4n) is 2.76. The third-order valence-corrected chi connectivity index (χ3v) is 5.02. The van der Waals surface area contributed by atoms with Gasteiger partial charge in [0.25, 0.3) is 0 Å². The zero-order valence-corrected chi connectivity index (χ0v) is 17.0. The predicted molar refractivity (Wildman–Crippen MR) is 114 cm³/mol. The number of hydrazone groups is 1. The minimum Gasteiger partial charge on any atom is -0.318 e. The summed E-state index contributed by atoms with van der Waals surface area (Å²) >= 11 is 8.22. The van der Waals surface area contributed by atoms with Gasteiger partial charge in [0, 0.05) is 31.2 Å². The van der Waals surface area contributed by atoms with Gasteiger partial charge in [-0.2, -0.15) is 5.10 Å². The van der Waals surface area contributed by atoms with Crippen LogP contribution in [0.15, 0.2) is 59.7 Å². The van der Waals surface area contributed by atoms with Crippen molar-refractivity contribution in [2.45, 2.75) is 20.4 Å². The monoisotopic (exact) mass is 463 g/mol. The average molecular weight is 464 g/mol. The Hall–Kier alpha value is -1.79. The van der Waals surface area contributed by atoms with E-state index in [1.165, 1.54) is 20.6 Å². The molecule has 0 atom stereocenters. The molecular weight excluding hydrogens is 445 g/mol. The third-order valence-electron chi connectivity index (χ3n) is 4.05. The minimum atomic E-state index is 0.670. The van der Waals surface area contributed by atoms with E-state index >= 15 is 0 Å². The maximum absolute atomic E-state index is 5.89. The highest BCUT2D eigenvalue weighted by atomic mass is 127. The Morgan fingerprint density at radius 1 is 1.08 bits per heavy atom. The van der Waals surface area contributed by atoms with Crippen molar-refractivity contribution < 1.29 is 0 Å². The van der Waals surface area contributed by atoms with Crippen LogP contribution in [0, 0.1) is 17.4 Å². The average Bonchev–Trinajstić information content (AvgIpc) is 2.88. The van der Waals surface area contributed by atoms with Crippen LogP contribution >= 0.6 is 34.2 Å². The Labute approximate surface area is 166 Å².